The van der Waals surface area contributed by atoms with Gasteiger partial charge in [-0.25, -0.2) is 9.59 Å². The summed E-state index contributed by atoms with van der Waals surface area (Å²) in [7, 11) is 0. The van der Waals surface area contributed by atoms with Crippen molar-refractivity contribution >= 4 is 24.5 Å². The fourth-order valence-electron chi connectivity index (χ4n) is 0. The average molecular weight is 340 g/mol. The minimum atomic E-state index is -0.935. The molecule has 0 spiro atoms. The van der Waals surface area contributed by atoms with Crippen molar-refractivity contribution in [2.75, 3.05) is 0 Å². The Hall–Kier alpha value is -2.39. The largest absolute Gasteiger partial charge is 0.478 e. The molecular formula is C14H25FO8. The Kier molecular flexibility index (Phi) is 31.0. The number of hydrogen-bond acceptors (Lipinski definition) is 6. The highest BCUT2D eigenvalue weighted by Crippen LogP contribution is 1.81. The summed E-state index contributed by atoms with van der Waals surface area (Å²) < 4.78 is 0. The molecule has 0 aromatic heterocycles. The Morgan fingerprint density at radius 2 is 0.913 bits per heavy atom. The molecule has 23 heavy (non-hydrogen) atoms. The quantitative estimate of drug-likeness (QED) is 0.429. The average Bonchev–Trinajstić information content (AvgIpc) is 2.40. The zero-order chi connectivity index (χ0) is 18.9. The first-order valence-electron chi connectivity index (χ1n) is 5.87. The highest BCUT2D eigenvalue weighted by Gasteiger charge is 1.90. The van der Waals surface area contributed by atoms with E-state index in [9.17, 15) is 19.2 Å². The van der Waals surface area contributed by atoms with Gasteiger partial charge in [-0.2, -0.15) is 0 Å². The van der Waals surface area contributed by atoms with Gasteiger partial charge in [-0.15, -0.1) is 0 Å². The number of aliphatic hydroxyl groups excluding tert-OH is 2. The molecule has 0 aromatic carbocycles. The topological polar surface area (TPSA) is 149 Å². The molecule has 0 aromatic rings. The SMILES string of the molecule is C=C(C)C(=O)O.C=C(C)C(=O)O.CC(O)C=O.CC(O)C=O.F. The summed E-state index contributed by atoms with van der Waals surface area (Å²) in [5.74, 6) is -1.87. The minimum Gasteiger partial charge on any atom is -0.478 e. The molecule has 2 atom stereocenters. The van der Waals surface area contributed by atoms with Crippen LogP contribution in [0.5, 0.6) is 0 Å². The molecule has 0 saturated carbocycles. The van der Waals surface area contributed by atoms with Gasteiger partial charge >= 0.3 is 11.9 Å². The lowest BCUT2D eigenvalue weighted by Gasteiger charge is -1.79. The molecule has 0 aliphatic rings. The highest BCUT2D eigenvalue weighted by atomic mass is 19.0. The van der Waals surface area contributed by atoms with Crippen molar-refractivity contribution in [3.05, 3.63) is 24.3 Å². The van der Waals surface area contributed by atoms with E-state index in [-0.39, 0.29) is 15.9 Å². The Morgan fingerprint density at radius 1 is 0.826 bits per heavy atom. The summed E-state index contributed by atoms with van der Waals surface area (Å²) >= 11 is 0. The Labute approximate surface area is 134 Å². The van der Waals surface area contributed by atoms with E-state index in [1.807, 2.05) is 0 Å². The lowest BCUT2D eigenvalue weighted by atomic mass is 10.4. The van der Waals surface area contributed by atoms with Gasteiger partial charge in [0.2, 0.25) is 0 Å². The Bertz CT molecular complexity index is 315. The third kappa shape index (κ3) is 65.8. The first-order valence-corrected chi connectivity index (χ1v) is 5.87. The number of carboxylic acid groups (broad SMARTS) is 2. The van der Waals surface area contributed by atoms with Crippen LogP contribution in [0.4, 0.5) is 4.70 Å². The molecule has 136 valence electrons. The van der Waals surface area contributed by atoms with Gasteiger partial charge in [-0.1, -0.05) is 13.2 Å². The van der Waals surface area contributed by atoms with Crippen molar-refractivity contribution in [2.24, 2.45) is 0 Å². The standard InChI is InChI=1S/2C4H6O2.2C3H6O2.FH/c2*1-3(2)4(5)6;2*1-3(5)2-4;/h2*1H2,2H3,(H,5,6);2*2-3,5H,1H3;1H. The fraction of sp³-hybridized carbons (Fsp3) is 0.429. The molecular weight excluding hydrogens is 315 g/mol. The van der Waals surface area contributed by atoms with Crippen LogP contribution in [0.3, 0.4) is 0 Å². The number of rotatable bonds is 4. The van der Waals surface area contributed by atoms with Crippen molar-refractivity contribution in [1.29, 1.82) is 0 Å². The van der Waals surface area contributed by atoms with Crippen LogP contribution in [0, 0.1) is 0 Å². The van der Waals surface area contributed by atoms with Gasteiger partial charge < -0.3 is 30.0 Å². The van der Waals surface area contributed by atoms with E-state index < -0.39 is 24.1 Å². The number of aliphatic carboxylic acids is 2. The maximum absolute atomic E-state index is 9.60. The van der Waals surface area contributed by atoms with Gasteiger partial charge in [-0.3, -0.25) is 4.70 Å². The van der Waals surface area contributed by atoms with Crippen LogP contribution in [-0.2, 0) is 19.2 Å². The summed E-state index contributed by atoms with van der Waals surface area (Å²) in [6.45, 7) is 12.0. The van der Waals surface area contributed by atoms with Gasteiger partial charge in [0.05, 0.1) is 0 Å². The molecule has 2 unspecified atom stereocenters. The molecule has 8 nitrogen and oxygen atoms in total. The van der Waals surface area contributed by atoms with Gasteiger partial charge in [0.15, 0.2) is 0 Å². The van der Waals surface area contributed by atoms with Crippen LogP contribution >= 0.6 is 0 Å². The first-order chi connectivity index (χ1) is 9.83. The molecule has 0 aliphatic carbocycles. The molecule has 0 fully saturated rings. The smallest absolute Gasteiger partial charge is 0.330 e. The zero-order valence-electron chi connectivity index (χ0n) is 13.6. The van der Waals surface area contributed by atoms with E-state index in [0.717, 1.165) is 0 Å². The monoisotopic (exact) mass is 340 g/mol. The van der Waals surface area contributed by atoms with Crippen LogP contribution in [0.25, 0.3) is 0 Å². The third-order valence-electron chi connectivity index (χ3n) is 1.12. The number of aldehydes is 2. The third-order valence-corrected chi connectivity index (χ3v) is 1.12. The fourth-order valence-corrected chi connectivity index (χ4v) is 0. The molecule has 4 N–H and O–H groups in total. The van der Waals surface area contributed by atoms with Crippen LogP contribution in [0.1, 0.15) is 27.7 Å². The van der Waals surface area contributed by atoms with E-state index >= 15 is 0 Å². The summed E-state index contributed by atoms with van der Waals surface area (Å²) in [5.41, 5.74) is 0.352. The van der Waals surface area contributed by atoms with Gasteiger partial charge in [0.1, 0.15) is 24.8 Å². The zero-order valence-corrected chi connectivity index (χ0v) is 13.6. The number of carbonyl (C=O) groups excluding carboxylic acids is 2. The second kappa shape index (κ2) is 21.9. The van der Waals surface area contributed by atoms with E-state index in [1.54, 1.807) is 0 Å². The Morgan fingerprint density at radius 3 is 0.913 bits per heavy atom. The van der Waals surface area contributed by atoms with E-state index in [2.05, 4.69) is 13.2 Å². The van der Waals surface area contributed by atoms with Crippen molar-refractivity contribution in [3.63, 3.8) is 0 Å². The number of halogens is 1. The minimum absolute atomic E-state index is 0. The second-order valence-corrected chi connectivity index (χ2v) is 3.92. The number of carbonyl (C=O) groups is 4. The molecule has 0 rings (SSSR count). The van der Waals surface area contributed by atoms with Crippen LogP contribution < -0.4 is 0 Å². The number of aliphatic hydroxyl groups is 2. The summed E-state index contributed by atoms with van der Waals surface area (Å²) in [4.78, 5) is 37.7. The van der Waals surface area contributed by atoms with Gasteiger partial charge in [0.25, 0.3) is 0 Å². The summed E-state index contributed by atoms with van der Waals surface area (Å²) in [5, 5.41) is 31.8. The normalized spacial score (nSPS) is 10.0. The molecule has 0 heterocycles. The number of hydrogen-bond donors (Lipinski definition) is 4. The van der Waals surface area contributed by atoms with Crippen molar-refractivity contribution in [2.45, 2.75) is 39.9 Å². The van der Waals surface area contributed by atoms with E-state index in [0.29, 0.717) is 12.6 Å². The van der Waals surface area contributed by atoms with E-state index in [1.165, 1.54) is 27.7 Å². The first kappa shape index (κ1) is 32.5. The molecule has 0 amide bonds. The molecule has 0 radical (unpaired) electrons. The molecule has 0 saturated heterocycles. The number of carboxylic acids is 2. The predicted molar refractivity (Wildman–Crippen MR) is 82.9 cm³/mol. The van der Waals surface area contributed by atoms with Gasteiger partial charge in [-0.05, 0) is 27.7 Å². The molecule has 0 aliphatic heterocycles. The van der Waals surface area contributed by atoms with Crippen LogP contribution in [0.2, 0.25) is 0 Å². The maximum Gasteiger partial charge on any atom is 0.330 e. The van der Waals surface area contributed by atoms with Crippen LogP contribution in [0.15, 0.2) is 24.3 Å². The van der Waals surface area contributed by atoms with Crippen LogP contribution in [-0.4, -0.2) is 57.1 Å². The van der Waals surface area contributed by atoms with Crippen molar-refractivity contribution in [3.8, 4) is 0 Å². The van der Waals surface area contributed by atoms with Crippen molar-refractivity contribution < 1.29 is 44.3 Å². The predicted octanol–water partition coefficient (Wildman–Crippen LogP) is 0.579. The van der Waals surface area contributed by atoms with E-state index in [4.69, 9.17) is 20.4 Å². The highest BCUT2D eigenvalue weighted by molar-refractivity contribution is 5.85. The maximum atomic E-state index is 9.60. The summed E-state index contributed by atoms with van der Waals surface area (Å²) in [6.07, 6.45) is -0.648. The van der Waals surface area contributed by atoms with Gasteiger partial charge in [0, 0.05) is 11.1 Å². The molecule has 0 bridgehead atoms. The second-order valence-electron chi connectivity index (χ2n) is 3.92. The Balaban J connectivity index is -0.0000000620. The van der Waals surface area contributed by atoms with Crippen molar-refractivity contribution in [1.82, 2.24) is 0 Å². The lowest BCUT2D eigenvalue weighted by molar-refractivity contribution is -0.133. The lowest BCUT2D eigenvalue weighted by Crippen LogP contribution is -1.97. The summed E-state index contributed by atoms with van der Waals surface area (Å²) in [6, 6.07) is 0. The molecule has 9 heteroatoms.